The average Bonchev–Trinajstić information content (AvgIpc) is 2.68. The second-order valence-electron chi connectivity index (χ2n) is 7.37. The second kappa shape index (κ2) is 11.1. The van der Waals surface area contributed by atoms with Gasteiger partial charge >= 0.3 is 0 Å². The Morgan fingerprint density at radius 2 is 1.38 bits per heavy atom. The first-order valence-electron chi connectivity index (χ1n) is 9.95. The van der Waals surface area contributed by atoms with Crippen LogP contribution in [0, 0.1) is 0 Å². The van der Waals surface area contributed by atoms with Crippen molar-refractivity contribution >= 4 is 17.9 Å². The van der Waals surface area contributed by atoms with Gasteiger partial charge in [0.05, 0.1) is 12.2 Å². The van der Waals surface area contributed by atoms with Crippen molar-refractivity contribution in [1.29, 1.82) is 0 Å². The van der Waals surface area contributed by atoms with Crippen LogP contribution >= 0.6 is 0 Å². The van der Waals surface area contributed by atoms with Gasteiger partial charge in [0, 0.05) is 12.4 Å². The molecule has 2 aromatic carbocycles. The van der Waals surface area contributed by atoms with Gasteiger partial charge < -0.3 is 9.47 Å². The van der Waals surface area contributed by atoms with E-state index in [-0.39, 0.29) is 12.2 Å². The van der Waals surface area contributed by atoms with Crippen LogP contribution in [0.2, 0.25) is 0 Å². The molecule has 0 fully saturated rings. The molecule has 2 rings (SSSR count). The Morgan fingerprint density at radius 1 is 0.862 bits per heavy atom. The molecule has 0 aliphatic heterocycles. The molecular formula is C26H31NO2. The van der Waals surface area contributed by atoms with E-state index in [9.17, 15) is 0 Å². The van der Waals surface area contributed by atoms with Gasteiger partial charge in [-0.2, -0.15) is 0 Å². The van der Waals surface area contributed by atoms with Crippen LogP contribution in [0.15, 0.2) is 78.0 Å². The molecule has 0 bridgehead atoms. The van der Waals surface area contributed by atoms with E-state index in [1.807, 2.05) is 95.3 Å². The quantitative estimate of drug-likeness (QED) is 0.343. The lowest BCUT2D eigenvalue weighted by molar-refractivity contribution is 0.242. The van der Waals surface area contributed by atoms with E-state index in [2.05, 4.69) is 11.6 Å². The predicted molar refractivity (Wildman–Crippen MR) is 125 cm³/mol. The fraction of sp³-hybridized carbons (Fsp3) is 0.269. The first kappa shape index (κ1) is 22.2. The maximum absolute atomic E-state index is 5.68. The predicted octanol–water partition coefficient (Wildman–Crippen LogP) is 6.96. The molecule has 29 heavy (non-hydrogen) atoms. The van der Waals surface area contributed by atoms with Gasteiger partial charge in [0.15, 0.2) is 0 Å². The normalized spacial score (nSPS) is 12.3. The fourth-order valence-electron chi connectivity index (χ4n) is 2.60. The molecule has 0 aliphatic rings. The standard InChI is InChI=1S/C26H31NO2/c1-19(2)28-25-11-7-23(8-12-25)16-18-27-17-15-21(5)22(6)24-9-13-26(14-10-24)29-20(3)4/h7-20H,6H2,1-5H3/b18-16+,21-15-,27-17+. The monoisotopic (exact) mass is 389 g/mol. The van der Waals surface area contributed by atoms with Crippen molar-refractivity contribution in [3.63, 3.8) is 0 Å². The highest BCUT2D eigenvalue weighted by Gasteiger charge is 2.02. The van der Waals surface area contributed by atoms with Crippen LogP contribution in [-0.4, -0.2) is 18.4 Å². The van der Waals surface area contributed by atoms with Crippen LogP contribution in [0.3, 0.4) is 0 Å². The van der Waals surface area contributed by atoms with Crippen LogP contribution in [0.4, 0.5) is 0 Å². The third-order valence-electron chi connectivity index (χ3n) is 4.07. The first-order chi connectivity index (χ1) is 13.8. The summed E-state index contributed by atoms with van der Waals surface area (Å²) in [6.07, 6.45) is 7.83. The molecule has 0 saturated carbocycles. The Bertz CT molecular complexity index is 870. The van der Waals surface area contributed by atoms with Gasteiger partial charge in [0.25, 0.3) is 0 Å². The van der Waals surface area contributed by atoms with Crippen LogP contribution in [0.25, 0.3) is 11.6 Å². The van der Waals surface area contributed by atoms with Crippen molar-refractivity contribution in [2.45, 2.75) is 46.8 Å². The van der Waals surface area contributed by atoms with Crippen molar-refractivity contribution in [2.75, 3.05) is 0 Å². The summed E-state index contributed by atoms with van der Waals surface area (Å²) in [5.74, 6) is 1.75. The highest BCUT2D eigenvalue weighted by molar-refractivity contribution is 5.84. The molecule has 0 radical (unpaired) electrons. The Balaban J connectivity index is 1.91. The van der Waals surface area contributed by atoms with Crippen LogP contribution in [0.1, 0.15) is 45.7 Å². The molecule has 0 aromatic heterocycles. The SMILES string of the molecule is C=C(\C(C)=C/C=N/C=C/c1ccc(OC(C)C)cc1)c1ccc(OC(C)C)cc1. The number of nitrogens with zero attached hydrogens (tertiary/aromatic N) is 1. The molecule has 3 nitrogen and oxygen atoms in total. The average molecular weight is 390 g/mol. The summed E-state index contributed by atoms with van der Waals surface area (Å²) in [6.45, 7) is 14.3. The maximum atomic E-state index is 5.68. The smallest absolute Gasteiger partial charge is 0.119 e. The summed E-state index contributed by atoms with van der Waals surface area (Å²) >= 11 is 0. The third kappa shape index (κ3) is 7.82. The molecule has 0 unspecified atom stereocenters. The molecule has 0 spiro atoms. The Labute approximate surface area is 175 Å². The van der Waals surface area contributed by atoms with E-state index >= 15 is 0 Å². The first-order valence-corrected chi connectivity index (χ1v) is 9.95. The van der Waals surface area contributed by atoms with Crippen molar-refractivity contribution in [2.24, 2.45) is 4.99 Å². The van der Waals surface area contributed by atoms with E-state index in [0.717, 1.165) is 33.8 Å². The lowest BCUT2D eigenvalue weighted by atomic mass is 10.0. The molecule has 3 heteroatoms. The molecular weight excluding hydrogens is 358 g/mol. The van der Waals surface area contributed by atoms with Gasteiger partial charge in [-0.25, -0.2) is 0 Å². The molecule has 0 heterocycles. The number of aliphatic imine (C=N–C) groups is 1. The molecule has 0 aliphatic carbocycles. The Morgan fingerprint density at radius 3 is 1.90 bits per heavy atom. The molecule has 152 valence electrons. The summed E-state index contributed by atoms with van der Waals surface area (Å²) in [6, 6.07) is 16.0. The second-order valence-corrected chi connectivity index (χ2v) is 7.37. The number of hydrogen-bond donors (Lipinski definition) is 0. The highest BCUT2D eigenvalue weighted by atomic mass is 16.5. The van der Waals surface area contributed by atoms with Crippen LogP contribution < -0.4 is 9.47 Å². The van der Waals surface area contributed by atoms with E-state index in [1.165, 1.54) is 0 Å². The summed E-state index contributed by atoms with van der Waals surface area (Å²) in [7, 11) is 0. The van der Waals surface area contributed by atoms with Crippen molar-refractivity contribution in [3.05, 3.63) is 84.1 Å². The molecule has 0 amide bonds. The zero-order chi connectivity index (χ0) is 21.2. The van der Waals surface area contributed by atoms with Crippen molar-refractivity contribution in [1.82, 2.24) is 0 Å². The van der Waals surface area contributed by atoms with E-state index in [1.54, 1.807) is 12.4 Å². The Hall–Kier alpha value is -3.07. The van der Waals surface area contributed by atoms with Gasteiger partial charge in [0.2, 0.25) is 0 Å². The van der Waals surface area contributed by atoms with E-state index in [0.29, 0.717) is 0 Å². The fourth-order valence-corrected chi connectivity index (χ4v) is 2.60. The number of hydrogen-bond acceptors (Lipinski definition) is 3. The molecule has 2 aromatic rings. The van der Waals surface area contributed by atoms with Gasteiger partial charge in [0.1, 0.15) is 11.5 Å². The van der Waals surface area contributed by atoms with Gasteiger partial charge in [-0.05, 0) is 93.3 Å². The lowest BCUT2D eigenvalue weighted by Crippen LogP contribution is -2.05. The van der Waals surface area contributed by atoms with E-state index < -0.39 is 0 Å². The van der Waals surface area contributed by atoms with Crippen LogP contribution in [0.5, 0.6) is 11.5 Å². The summed E-state index contributed by atoms with van der Waals surface area (Å²) in [4.78, 5) is 4.33. The minimum absolute atomic E-state index is 0.168. The van der Waals surface area contributed by atoms with Gasteiger partial charge in [-0.1, -0.05) is 30.8 Å². The summed E-state index contributed by atoms with van der Waals surface area (Å²) in [5.41, 5.74) is 4.18. The minimum Gasteiger partial charge on any atom is -0.491 e. The molecule has 0 atom stereocenters. The van der Waals surface area contributed by atoms with Gasteiger partial charge in [-0.3, -0.25) is 4.99 Å². The minimum atomic E-state index is 0.168. The highest BCUT2D eigenvalue weighted by Crippen LogP contribution is 2.23. The van der Waals surface area contributed by atoms with Crippen LogP contribution in [-0.2, 0) is 0 Å². The summed E-state index contributed by atoms with van der Waals surface area (Å²) in [5, 5.41) is 0. The Kier molecular flexibility index (Phi) is 8.47. The van der Waals surface area contributed by atoms with E-state index in [4.69, 9.17) is 9.47 Å². The van der Waals surface area contributed by atoms with Gasteiger partial charge in [-0.15, -0.1) is 0 Å². The zero-order valence-electron chi connectivity index (χ0n) is 18.1. The summed E-state index contributed by atoms with van der Waals surface area (Å²) < 4.78 is 11.3. The molecule has 0 saturated heterocycles. The number of allylic oxidation sites excluding steroid dienone is 3. The third-order valence-corrected chi connectivity index (χ3v) is 4.07. The topological polar surface area (TPSA) is 30.8 Å². The maximum Gasteiger partial charge on any atom is 0.119 e. The molecule has 0 N–H and O–H groups in total. The number of benzene rings is 2. The van der Waals surface area contributed by atoms with Crippen molar-refractivity contribution in [3.8, 4) is 11.5 Å². The van der Waals surface area contributed by atoms with Crippen molar-refractivity contribution < 1.29 is 9.47 Å². The number of ether oxygens (including phenoxy) is 2. The number of rotatable bonds is 9. The largest absolute Gasteiger partial charge is 0.491 e. The lowest BCUT2D eigenvalue weighted by Gasteiger charge is -2.11. The zero-order valence-corrected chi connectivity index (χ0v) is 18.1.